The number of nitrogens with one attached hydrogen (secondary N) is 4. The zero-order valence-electron chi connectivity index (χ0n) is 32.2. The van der Waals surface area contributed by atoms with Crippen molar-refractivity contribution in [2.24, 2.45) is 11.8 Å². The molecule has 290 valence electrons. The fourth-order valence-electron chi connectivity index (χ4n) is 7.54. The summed E-state index contributed by atoms with van der Waals surface area (Å²) in [6, 6.07) is 11.7. The Morgan fingerprint density at radius 2 is 1.40 bits per heavy atom. The first kappa shape index (κ1) is 38.9. The van der Waals surface area contributed by atoms with Gasteiger partial charge in [0.25, 0.3) is 0 Å². The van der Waals surface area contributed by atoms with E-state index in [4.69, 9.17) is 14.7 Å². The maximum Gasteiger partial charge on any atom is 0.407 e. The molecule has 2 aromatic heterocycles. The number of aromatic nitrogens is 4. The molecule has 0 spiro atoms. The maximum atomic E-state index is 13.6. The first-order valence-electron chi connectivity index (χ1n) is 19.0. The number of hydrogen-bond donors (Lipinski definition) is 5. The van der Waals surface area contributed by atoms with Gasteiger partial charge in [-0.05, 0) is 79.8 Å². The number of carboxylic acid groups (broad SMARTS) is 1. The third kappa shape index (κ3) is 8.46. The van der Waals surface area contributed by atoms with E-state index in [0.717, 1.165) is 70.6 Å². The zero-order valence-corrected chi connectivity index (χ0v) is 32.2. The van der Waals surface area contributed by atoms with Gasteiger partial charge in [-0.1, -0.05) is 58.6 Å². The molecule has 1 unspecified atom stereocenters. The fraction of sp³-hybridized carbons (Fsp3) is 0.463. The number of methoxy groups -OCH3 is 1. The Morgan fingerprint density at radius 1 is 0.836 bits per heavy atom. The Hall–Kier alpha value is -5.84. The van der Waals surface area contributed by atoms with Crippen LogP contribution in [0.2, 0.25) is 0 Å². The number of nitrogens with zero attached hydrogens (tertiary/aromatic N) is 4. The van der Waals surface area contributed by atoms with E-state index in [1.807, 2.05) is 75.1 Å². The second-order valence-corrected chi connectivity index (χ2v) is 14.9. The number of aryl methyl sites for hydroxylation is 1. The molecule has 4 atom stereocenters. The van der Waals surface area contributed by atoms with Crippen LogP contribution in [0.5, 0.6) is 0 Å². The Labute approximate surface area is 320 Å². The van der Waals surface area contributed by atoms with Crippen molar-refractivity contribution in [3.8, 4) is 23.1 Å². The number of imidazole rings is 2. The molecule has 6 rings (SSSR count). The van der Waals surface area contributed by atoms with Gasteiger partial charge in [-0.25, -0.2) is 19.6 Å². The van der Waals surface area contributed by atoms with Crippen molar-refractivity contribution < 1.29 is 29.0 Å². The number of fused-ring (bicyclic) bond motifs is 1. The molecule has 4 aromatic rings. The maximum absolute atomic E-state index is 13.6. The Bertz CT molecular complexity index is 2110. The van der Waals surface area contributed by atoms with Crippen LogP contribution in [0.25, 0.3) is 22.3 Å². The molecular formula is C41H50N8O6. The van der Waals surface area contributed by atoms with Crippen LogP contribution in [0.4, 0.5) is 9.59 Å². The van der Waals surface area contributed by atoms with Crippen molar-refractivity contribution in [1.29, 1.82) is 0 Å². The van der Waals surface area contributed by atoms with E-state index in [0.29, 0.717) is 25.3 Å². The lowest BCUT2D eigenvalue weighted by Crippen LogP contribution is -2.51. The standard InChI is InChI=1S/C41H50N8O6/c1-7-28-35(45-37(42-28)32-11-9-21-49(32)39(51)34(24(4)5)47-41(54)55-6)27-17-14-25(15-18-27)12-13-26-16-19-29-30(22-26)44-36(43-29)31-10-8-20-48(31)38(50)33(23(2)3)46-40(52)53/h14-19,22-24,31-34,46H,7-11,20-21H2,1-6H3,(H,42,45)(H,43,44)(H,47,54)(H,52,53)/t31-,32?,33-,34-/m0/s1. The minimum atomic E-state index is -1.22. The summed E-state index contributed by atoms with van der Waals surface area (Å²) in [6.07, 6.45) is 2.01. The average molecular weight is 751 g/mol. The molecule has 0 radical (unpaired) electrons. The van der Waals surface area contributed by atoms with E-state index >= 15 is 0 Å². The predicted octanol–water partition coefficient (Wildman–Crippen LogP) is 5.92. The summed E-state index contributed by atoms with van der Waals surface area (Å²) < 4.78 is 4.77. The molecule has 55 heavy (non-hydrogen) atoms. The lowest BCUT2D eigenvalue weighted by Gasteiger charge is -2.30. The second kappa shape index (κ2) is 16.7. The van der Waals surface area contributed by atoms with Gasteiger partial charge in [0, 0.05) is 24.2 Å². The lowest BCUT2D eigenvalue weighted by atomic mass is 10.0. The number of carbonyl (C=O) groups excluding carboxylic acids is 3. The van der Waals surface area contributed by atoms with Crippen molar-refractivity contribution in [2.75, 3.05) is 20.2 Å². The Balaban J connectivity index is 1.16. The molecule has 0 aliphatic carbocycles. The first-order valence-corrected chi connectivity index (χ1v) is 19.0. The fourth-order valence-corrected chi connectivity index (χ4v) is 7.54. The third-order valence-electron chi connectivity index (χ3n) is 10.5. The van der Waals surface area contributed by atoms with Gasteiger partial charge >= 0.3 is 12.2 Å². The van der Waals surface area contributed by atoms with Gasteiger partial charge < -0.3 is 40.2 Å². The summed E-state index contributed by atoms with van der Waals surface area (Å²) in [7, 11) is 1.29. The average Bonchev–Trinajstić information content (AvgIpc) is 3.99. The number of rotatable bonds is 10. The lowest BCUT2D eigenvalue weighted by molar-refractivity contribution is -0.136. The normalized spacial score (nSPS) is 18.0. The van der Waals surface area contributed by atoms with E-state index in [9.17, 15) is 24.3 Å². The molecule has 14 nitrogen and oxygen atoms in total. The van der Waals surface area contributed by atoms with Crippen LogP contribution in [0.1, 0.15) is 101 Å². The Morgan fingerprint density at radius 3 is 1.96 bits per heavy atom. The highest BCUT2D eigenvalue weighted by Crippen LogP contribution is 2.35. The van der Waals surface area contributed by atoms with Crippen LogP contribution in [0.3, 0.4) is 0 Å². The van der Waals surface area contributed by atoms with E-state index in [2.05, 4.69) is 39.4 Å². The predicted molar refractivity (Wildman–Crippen MR) is 207 cm³/mol. The van der Waals surface area contributed by atoms with Crippen LogP contribution >= 0.6 is 0 Å². The molecule has 2 saturated heterocycles. The van der Waals surface area contributed by atoms with Crippen molar-refractivity contribution in [1.82, 2.24) is 40.4 Å². The Kier molecular flexibility index (Phi) is 11.8. The molecule has 2 aromatic carbocycles. The highest BCUT2D eigenvalue weighted by atomic mass is 16.5. The smallest absolute Gasteiger partial charge is 0.407 e. The SMILES string of the molecule is CCc1nc(C2CCCN2C(=O)[C@@H](NC(=O)OC)C(C)C)[nH]c1-c1ccc(C#Cc2ccc3[nH]c([C@@H]4CCCN4C(=O)[C@@H](NC(=O)O)C(C)C)nc3c2)cc1. The van der Waals surface area contributed by atoms with E-state index < -0.39 is 24.3 Å². The molecule has 5 N–H and O–H groups in total. The number of carbonyl (C=O) groups is 4. The number of hydrogen-bond acceptors (Lipinski definition) is 7. The van der Waals surface area contributed by atoms with Crippen LogP contribution < -0.4 is 10.6 Å². The van der Waals surface area contributed by atoms with E-state index in [1.165, 1.54) is 7.11 Å². The molecular weight excluding hydrogens is 701 g/mol. The quantitative estimate of drug-likeness (QED) is 0.124. The third-order valence-corrected chi connectivity index (χ3v) is 10.5. The molecule has 2 fully saturated rings. The number of H-pyrrole nitrogens is 2. The molecule has 0 bridgehead atoms. The van der Waals surface area contributed by atoms with Gasteiger partial charge in [0.05, 0.1) is 41.6 Å². The molecule has 2 aliphatic heterocycles. The van der Waals surface area contributed by atoms with Crippen LogP contribution in [-0.4, -0.2) is 91.1 Å². The number of alkyl carbamates (subject to hydrolysis) is 1. The van der Waals surface area contributed by atoms with Gasteiger partial charge in [-0.2, -0.15) is 0 Å². The van der Waals surface area contributed by atoms with Crippen LogP contribution in [-0.2, 0) is 20.7 Å². The number of aromatic amines is 2. The van der Waals surface area contributed by atoms with Crippen molar-refractivity contribution in [3.63, 3.8) is 0 Å². The summed E-state index contributed by atoms with van der Waals surface area (Å²) >= 11 is 0. The van der Waals surface area contributed by atoms with Crippen LogP contribution in [0, 0.1) is 23.7 Å². The van der Waals surface area contributed by atoms with E-state index in [1.54, 1.807) is 4.90 Å². The van der Waals surface area contributed by atoms with Crippen molar-refractivity contribution >= 4 is 35.0 Å². The number of ether oxygens (including phenoxy) is 1. The first-order chi connectivity index (χ1) is 26.4. The van der Waals surface area contributed by atoms with Crippen molar-refractivity contribution in [2.45, 2.75) is 90.9 Å². The van der Waals surface area contributed by atoms with Gasteiger partial charge in [0.2, 0.25) is 11.8 Å². The molecule has 4 amide bonds. The molecule has 14 heteroatoms. The number of likely N-dealkylation sites (tertiary alicyclic amines) is 2. The minimum absolute atomic E-state index is 0.115. The summed E-state index contributed by atoms with van der Waals surface area (Å²) in [4.78, 5) is 70.6. The zero-order chi connectivity index (χ0) is 39.4. The number of benzene rings is 2. The summed E-state index contributed by atoms with van der Waals surface area (Å²) in [6.45, 7) is 10.6. The monoisotopic (exact) mass is 750 g/mol. The highest BCUT2D eigenvalue weighted by molar-refractivity contribution is 5.87. The summed E-state index contributed by atoms with van der Waals surface area (Å²) in [5.74, 6) is 7.23. The van der Waals surface area contributed by atoms with Crippen molar-refractivity contribution in [3.05, 3.63) is 70.9 Å². The highest BCUT2D eigenvalue weighted by Gasteiger charge is 2.39. The molecule has 0 saturated carbocycles. The second-order valence-electron chi connectivity index (χ2n) is 14.9. The minimum Gasteiger partial charge on any atom is -0.465 e. The summed E-state index contributed by atoms with van der Waals surface area (Å²) in [5.41, 5.74) is 5.99. The van der Waals surface area contributed by atoms with Crippen LogP contribution in [0.15, 0.2) is 42.5 Å². The van der Waals surface area contributed by atoms with Gasteiger partial charge in [0.15, 0.2) is 0 Å². The van der Waals surface area contributed by atoms with E-state index in [-0.39, 0.29) is 35.7 Å². The molecule has 2 aliphatic rings. The number of amides is 4. The molecule has 4 heterocycles. The largest absolute Gasteiger partial charge is 0.465 e. The van der Waals surface area contributed by atoms with Gasteiger partial charge in [0.1, 0.15) is 23.7 Å². The summed E-state index contributed by atoms with van der Waals surface area (Å²) in [5, 5.41) is 14.4. The topological polar surface area (TPSA) is 186 Å². The van der Waals surface area contributed by atoms with Gasteiger partial charge in [-0.3, -0.25) is 9.59 Å². The van der Waals surface area contributed by atoms with Gasteiger partial charge in [-0.15, -0.1) is 0 Å².